The molecule has 0 saturated heterocycles. The van der Waals surface area contributed by atoms with Crippen LogP contribution in [0.25, 0.3) is 22.2 Å². The molecule has 0 spiro atoms. The minimum Gasteiger partial charge on any atom is -0.333 e. The van der Waals surface area contributed by atoms with Gasteiger partial charge in [-0.1, -0.05) is 12.1 Å². The molecule has 0 unspecified atom stereocenters. The van der Waals surface area contributed by atoms with E-state index in [1.807, 2.05) is 6.33 Å². The van der Waals surface area contributed by atoms with Gasteiger partial charge in [-0.25, -0.2) is 4.98 Å². The first kappa shape index (κ1) is 12.6. The van der Waals surface area contributed by atoms with Gasteiger partial charge in [-0.2, -0.15) is 0 Å². The molecule has 21 heavy (non-hydrogen) atoms. The Kier molecular flexibility index (Phi) is 2.39. The van der Waals surface area contributed by atoms with E-state index in [9.17, 15) is 0 Å². The van der Waals surface area contributed by atoms with Crippen LogP contribution in [0.2, 0.25) is 0 Å². The average molecular weight is 276 g/mol. The minimum atomic E-state index is 1.05. The topological polar surface area (TPSA) is 17.8 Å². The second-order valence-electron chi connectivity index (χ2n) is 6.37. The Morgan fingerprint density at radius 3 is 2.48 bits per heavy atom. The quantitative estimate of drug-likeness (QED) is 0.466. The van der Waals surface area contributed by atoms with Gasteiger partial charge in [0.2, 0.25) is 0 Å². The van der Waals surface area contributed by atoms with Crippen molar-refractivity contribution >= 4 is 11.0 Å². The average Bonchev–Trinajstić information content (AvgIpc) is 3.02. The lowest BCUT2D eigenvalue weighted by atomic mass is 9.95. The largest absolute Gasteiger partial charge is 0.333 e. The Balaban J connectivity index is 2.19. The van der Waals surface area contributed by atoms with E-state index in [1.54, 1.807) is 0 Å². The maximum Gasteiger partial charge on any atom is 0.0968 e. The Bertz CT molecular complexity index is 913. The Morgan fingerprint density at radius 1 is 0.952 bits per heavy atom. The molecular weight excluding hydrogens is 256 g/mol. The molecule has 1 aliphatic carbocycles. The maximum atomic E-state index is 4.71. The molecule has 1 heterocycles. The number of rotatable bonds is 0. The molecule has 2 nitrogen and oxygen atoms in total. The molecule has 1 aliphatic rings. The second kappa shape index (κ2) is 3.97. The number of aromatic nitrogens is 2. The molecule has 2 heteroatoms. The van der Waals surface area contributed by atoms with E-state index in [1.165, 1.54) is 50.0 Å². The van der Waals surface area contributed by atoms with Gasteiger partial charge in [0.25, 0.3) is 0 Å². The van der Waals surface area contributed by atoms with E-state index in [0.717, 1.165) is 11.9 Å². The molecule has 0 bridgehead atoms. The number of fused-ring (bicyclic) bond motifs is 5. The van der Waals surface area contributed by atoms with Crippen LogP contribution in [0.3, 0.4) is 0 Å². The highest BCUT2D eigenvalue weighted by molar-refractivity contribution is 6.00. The van der Waals surface area contributed by atoms with Crippen molar-refractivity contribution < 1.29 is 0 Å². The van der Waals surface area contributed by atoms with Gasteiger partial charge >= 0.3 is 0 Å². The second-order valence-corrected chi connectivity index (χ2v) is 6.37. The third-order valence-electron chi connectivity index (χ3n) is 5.34. The molecule has 1 aromatic heterocycles. The summed E-state index contributed by atoms with van der Waals surface area (Å²) in [5.74, 6) is 0. The van der Waals surface area contributed by atoms with Crippen LogP contribution >= 0.6 is 0 Å². The van der Waals surface area contributed by atoms with Gasteiger partial charge in [0.1, 0.15) is 0 Å². The van der Waals surface area contributed by atoms with Gasteiger partial charge < -0.3 is 4.57 Å². The molecule has 0 amide bonds. The first-order valence-corrected chi connectivity index (χ1v) is 7.53. The van der Waals surface area contributed by atoms with Crippen molar-refractivity contribution in [1.29, 1.82) is 0 Å². The van der Waals surface area contributed by atoms with E-state index in [4.69, 9.17) is 4.98 Å². The summed E-state index contributed by atoms with van der Waals surface area (Å²) in [5.41, 5.74) is 13.8. The number of nitrogens with zero attached hydrogens (tertiary/aromatic N) is 2. The third-order valence-corrected chi connectivity index (χ3v) is 5.34. The van der Waals surface area contributed by atoms with Crippen LogP contribution in [0, 0.1) is 27.7 Å². The SMILES string of the molecule is Cc1ccc2c(c1C)Cc1c(C)c(C)c3c(ncn3C)c1-2. The van der Waals surface area contributed by atoms with Crippen LogP contribution in [0.5, 0.6) is 0 Å². The Morgan fingerprint density at radius 2 is 1.71 bits per heavy atom. The van der Waals surface area contributed by atoms with Crippen molar-refractivity contribution in [2.75, 3.05) is 0 Å². The Labute approximate surface area is 125 Å². The summed E-state index contributed by atoms with van der Waals surface area (Å²) in [6.45, 7) is 8.93. The van der Waals surface area contributed by atoms with Crippen molar-refractivity contribution in [1.82, 2.24) is 9.55 Å². The fourth-order valence-corrected chi connectivity index (χ4v) is 3.81. The van der Waals surface area contributed by atoms with Crippen molar-refractivity contribution in [2.45, 2.75) is 34.1 Å². The van der Waals surface area contributed by atoms with Crippen LogP contribution in [-0.2, 0) is 13.5 Å². The van der Waals surface area contributed by atoms with Crippen molar-refractivity contribution in [3.8, 4) is 11.1 Å². The van der Waals surface area contributed by atoms with E-state index in [-0.39, 0.29) is 0 Å². The molecule has 2 aromatic carbocycles. The van der Waals surface area contributed by atoms with Crippen LogP contribution in [0.15, 0.2) is 18.5 Å². The molecule has 0 aliphatic heterocycles. The van der Waals surface area contributed by atoms with Gasteiger partial charge in [0.15, 0.2) is 0 Å². The molecule has 0 N–H and O–H groups in total. The molecule has 3 aromatic rings. The molecule has 106 valence electrons. The van der Waals surface area contributed by atoms with E-state index in [2.05, 4.69) is 51.4 Å². The van der Waals surface area contributed by atoms with Crippen LogP contribution in [0.1, 0.15) is 33.4 Å². The summed E-state index contributed by atoms with van der Waals surface area (Å²) in [5, 5.41) is 0. The lowest BCUT2D eigenvalue weighted by Crippen LogP contribution is -1.96. The number of hydrogen-bond donors (Lipinski definition) is 0. The summed E-state index contributed by atoms with van der Waals surface area (Å²) in [4.78, 5) is 4.71. The van der Waals surface area contributed by atoms with Gasteiger partial charge in [-0.05, 0) is 73.1 Å². The highest BCUT2D eigenvalue weighted by Gasteiger charge is 2.27. The smallest absolute Gasteiger partial charge is 0.0968 e. The standard InChI is InChI=1S/C19H20N2/c1-10-6-7-14-15(11(10)2)8-16-12(3)13(4)19-18(17(14)16)20-9-21(19)5/h6-7,9H,8H2,1-5H3. The Hall–Kier alpha value is -2.09. The zero-order valence-electron chi connectivity index (χ0n) is 13.3. The summed E-state index contributed by atoms with van der Waals surface area (Å²) in [6, 6.07) is 4.53. The predicted molar refractivity (Wildman–Crippen MR) is 87.9 cm³/mol. The summed E-state index contributed by atoms with van der Waals surface area (Å²) in [6.07, 6.45) is 2.99. The molecule has 0 radical (unpaired) electrons. The predicted octanol–water partition coefficient (Wildman–Crippen LogP) is 4.38. The number of imidazole rings is 1. The van der Waals surface area contributed by atoms with Gasteiger partial charge in [0.05, 0.1) is 17.4 Å². The fourth-order valence-electron chi connectivity index (χ4n) is 3.81. The molecule has 0 saturated carbocycles. The number of benzene rings is 2. The van der Waals surface area contributed by atoms with Crippen LogP contribution < -0.4 is 0 Å². The maximum absolute atomic E-state index is 4.71. The summed E-state index contributed by atoms with van der Waals surface area (Å²) >= 11 is 0. The number of aryl methyl sites for hydroxylation is 3. The summed E-state index contributed by atoms with van der Waals surface area (Å²) in [7, 11) is 2.09. The lowest BCUT2D eigenvalue weighted by Gasteiger charge is -2.11. The molecule has 0 fully saturated rings. The highest BCUT2D eigenvalue weighted by Crippen LogP contribution is 2.45. The normalized spacial score (nSPS) is 12.8. The number of hydrogen-bond acceptors (Lipinski definition) is 1. The van der Waals surface area contributed by atoms with Crippen molar-refractivity contribution in [2.24, 2.45) is 7.05 Å². The van der Waals surface area contributed by atoms with E-state index >= 15 is 0 Å². The van der Waals surface area contributed by atoms with Crippen molar-refractivity contribution in [3.63, 3.8) is 0 Å². The third kappa shape index (κ3) is 1.45. The zero-order chi connectivity index (χ0) is 14.9. The van der Waals surface area contributed by atoms with E-state index in [0.29, 0.717) is 0 Å². The van der Waals surface area contributed by atoms with E-state index < -0.39 is 0 Å². The fraction of sp³-hybridized carbons (Fsp3) is 0.316. The van der Waals surface area contributed by atoms with Crippen LogP contribution in [-0.4, -0.2) is 9.55 Å². The van der Waals surface area contributed by atoms with Crippen molar-refractivity contribution in [3.05, 3.63) is 51.8 Å². The molecule has 0 atom stereocenters. The first-order chi connectivity index (χ1) is 10.0. The van der Waals surface area contributed by atoms with Gasteiger partial charge in [0, 0.05) is 12.6 Å². The summed E-state index contributed by atoms with van der Waals surface area (Å²) < 4.78 is 2.15. The lowest BCUT2D eigenvalue weighted by molar-refractivity contribution is 0.942. The first-order valence-electron chi connectivity index (χ1n) is 7.53. The highest BCUT2D eigenvalue weighted by atomic mass is 15.0. The molecular formula is C19H20N2. The van der Waals surface area contributed by atoms with Gasteiger partial charge in [-0.15, -0.1) is 0 Å². The zero-order valence-corrected chi connectivity index (χ0v) is 13.3. The van der Waals surface area contributed by atoms with Gasteiger partial charge in [-0.3, -0.25) is 0 Å². The monoisotopic (exact) mass is 276 g/mol. The van der Waals surface area contributed by atoms with Crippen LogP contribution in [0.4, 0.5) is 0 Å². The molecule has 4 rings (SSSR count). The minimum absolute atomic E-state index is 1.05.